The van der Waals surface area contributed by atoms with Gasteiger partial charge in [-0.1, -0.05) is 11.8 Å². The third-order valence-corrected chi connectivity index (χ3v) is 4.76. The molecule has 0 bridgehead atoms. The fraction of sp³-hybridized carbons (Fsp3) is 0.167. The summed E-state index contributed by atoms with van der Waals surface area (Å²) in [5.41, 5.74) is 1.15. The molecular weight excluding hydrogens is 373 g/mol. The zero-order valence-corrected chi connectivity index (χ0v) is 15.2. The number of fused-ring (bicyclic) bond motifs is 2. The molecule has 2 heterocycles. The molecule has 0 saturated heterocycles. The SMILES string of the molecule is COc1cc2nc(CSc3nc4ccc(F)cc4o3)[nH]c(=O)c2cc1OC. The number of aromatic nitrogens is 3. The smallest absolute Gasteiger partial charge is 0.258 e. The number of ether oxygens (including phenoxy) is 2. The zero-order valence-electron chi connectivity index (χ0n) is 14.4. The van der Waals surface area contributed by atoms with Crippen molar-refractivity contribution in [1.29, 1.82) is 0 Å². The third kappa shape index (κ3) is 3.33. The highest BCUT2D eigenvalue weighted by atomic mass is 32.2. The van der Waals surface area contributed by atoms with Crippen LogP contribution in [0.3, 0.4) is 0 Å². The van der Waals surface area contributed by atoms with Gasteiger partial charge in [0, 0.05) is 12.1 Å². The molecule has 0 radical (unpaired) electrons. The molecule has 0 spiro atoms. The Balaban J connectivity index is 1.63. The maximum atomic E-state index is 13.2. The van der Waals surface area contributed by atoms with Crippen LogP contribution in [-0.2, 0) is 5.75 Å². The first-order chi connectivity index (χ1) is 13.1. The Morgan fingerprint density at radius 2 is 1.89 bits per heavy atom. The van der Waals surface area contributed by atoms with Crippen molar-refractivity contribution in [3.63, 3.8) is 0 Å². The number of methoxy groups -OCH3 is 2. The van der Waals surface area contributed by atoms with E-state index < -0.39 is 0 Å². The van der Waals surface area contributed by atoms with Gasteiger partial charge in [0.25, 0.3) is 10.8 Å². The summed E-state index contributed by atoms with van der Waals surface area (Å²) in [7, 11) is 3.02. The number of hydrogen-bond acceptors (Lipinski definition) is 7. The number of rotatable bonds is 5. The van der Waals surface area contributed by atoms with Gasteiger partial charge in [0.05, 0.1) is 30.9 Å². The molecule has 4 rings (SSSR count). The van der Waals surface area contributed by atoms with E-state index in [2.05, 4.69) is 15.0 Å². The van der Waals surface area contributed by atoms with Gasteiger partial charge in [-0.15, -0.1) is 0 Å². The van der Waals surface area contributed by atoms with Crippen molar-refractivity contribution in [2.45, 2.75) is 11.0 Å². The van der Waals surface area contributed by atoms with Crippen LogP contribution < -0.4 is 15.0 Å². The monoisotopic (exact) mass is 387 g/mol. The second-order valence-electron chi connectivity index (χ2n) is 5.62. The van der Waals surface area contributed by atoms with Crippen molar-refractivity contribution in [2.24, 2.45) is 0 Å². The van der Waals surface area contributed by atoms with E-state index in [1.54, 1.807) is 18.2 Å². The molecule has 0 aliphatic rings. The first-order valence-electron chi connectivity index (χ1n) is 7.91. The van der Waals surface area contributed by atoms with Crippen LogP contribution in [0.1, 0.15) is 5.82 Å². The maximum absolute atomic E-state index is 13.2. The number of oxazole rings is 1. The van der Waals surface area contributed by atoms with E-state index in [9.17, 15) is 9.18 Å². The molecule has 9 heteroatoms. The molecule has 2 aromatic heterocycles. The molecule has 0 aliphatic carbocycles. The molecule has 27 heavy (non-hydrogen) atoms. The van der Waals surface area contributed by atoms with Crippen LogP contribution in [0.4, 0.5) is 4.39 Å². The summed E-state index contributed by atoms with van der Waals surface area (Å²) < 4.78 is 29.2. The van der Waals surface area contributed by atoms with Gasteiger partial charge in [0.2, 0.25) is 0 Å². The molecule has 2 aromatic carbocycles. The Morgan fingerprint density at radius 1 is 1.11 bits per heavy atom. The maximum Gasteiger partial charge on any atom is 0.258 e. The Labute approximate surface area is 156 Å². The number of nitrogens with zero attached hydrogens (tertiary/aromatic N) is 2. The van der Waals surface area contributed by atoms with Gasteiger partial charge in [-0.3, -0.25) is 4.79 Å². The average Bonchev–Trinajstić information content (AvgIpc) is 3.07. The van der Waals surface area contributed by atoms with E-state index in [-0.39, 0.29) is 11.4 Å². The van der Waals surface area contributed by atoms with Crippen LogP contribution in [-0.4, -0.2) is 29.2 Å². The Hall–Kier alpha value is -3.07. The highest BCUT2D eigenvalue weighted by molar-refractivity contribution is 7.98. The Morgan fingerprint density at radius 3 is 2.67 bits per heavy atom. The average molecular weight is 387 g/mol. The van der Waals surface area contributed by atoms with Crippen molar-refractivity contribution in [3.8, 4) is 11.5 Å². The number of hydrogen-bond donors (Lipinski definition) is 1. The normalized spacial score (nSPS) is 11.2. The lowest BCUT2D eigenvalue weighted by atomic mass is 10.2. The highest BCUT2D eigenvalue weighted by Crippen LogP contribution is 2.30. The summed E-state index contributed by atoms with van der Waals surface area (Å²) >= 11 is 1.25. The van der Waals surface area contributed by atoms with Crippen LogP contribution in [0.2, 0.25) is 0 Å². The fourth-order valence-corrected chi connectivity index (χ4v) is 3.36. The number of thioether (sulfide) groups is 1. The van der Waals surface area contributed by atoms with Gasteiger partial charge in [0.15, 0.2) is 17.1 Å². The summed E-state index contributed by atoms with van der Waals surface area (Å²) in [4.78, 5) is 23.9. The Bertz CT molecular complexity index is 1200. The van der Waals surface area contributed by atoms with Crippen LogP contribution in [0.25, 0.3) is 22.0 Å². The van der Waals surface area contributed by atoms with Gasteiger partial charge >= 0.3 is 0 Å². The summed E-state index contributed by atoms with van der Waals surface area (Å²) in [6.07, 6.45) is 0. The summed E-state index contributed by atoms with van der Waals surface area (Å²) in [5.74, 6) is 1.34. The number of benzene rings is 2. The first kappa shape index (κ1) is 17.3. The molecule has 0 fully saturated rings. The van der Waals surface area contributed by atoms with Crippen molar-refractivity contribution >= 4 is 33.8 Å². The van der Waals surface area contributed by atoms with Crippen molar-refractivity contribution in [3.05, 3.63) is 52.3 Å². The van der Waals surface area contributed by atoms with Crippen LogP contribution in [0.5, 0.6) is 11.5 Å². The molecule has 0 aliphatic heterocycles. The van der Waals surface area contributed by atoms with Gasteiger partial charge in [-0.2, -0.15) is 0 Å². The second kappa shape index (κ2) is 6.92. The lowest BCUT2D eigenvalue weighted by molar-refractivity contribution is 0.355. The van der Waals surface area contributed by atoms with Gasteiger partial charge in [-0.05, 0) is 18.2 Å². The molecule has 0 saturated carbocycles. The predicted molar refractivity (Wildman–Crippen MR) is 99.0 cm³/mol. The highest BCUT2D eigenvalue weighted by Gasteiger charge is 2.13. The number of nitrogens with one attached hydrogen (secondary N) is 1. The topological polar surface area (TPSA) is 90.2 Å². The molecule has 4 aromatic rings. The molecule has 0 amide bonds. The van der Waals surface area contributed by atoms with Crippen molar-refractivity contribution in [1.82, 2.24) is 15.0 Å². The summed E-state index contributed by atoms with van der Waals surface area (Å²) in [6, 6.07) is 7.39. The molecule has 0 atom stereocenters. The number of H-pyrrole nitrogens is 1. The summed E-state index contributed by atoms with van der Waals surface area (Å²) in [5, 5.41) is 0.768. The predicted octanol–water partition coefficient (Wildman–Crippen LogP) is 3.51. The Kier molecular flexibility index (Phi) is 4.44. The molecule has 0 unspecified atom stereocenters. The van der Waals surface area contributed by atoms with Gasteiger partial charge in [0.1, 0.15) is 17.2 Å². The lowest BCUT2D eigenvalue weighted by Gasteiger charge is -2.09. The van der Waals surface area contributed by atoms with Crippen LogP contribution in [0.15, 0.2) is 44.8 Å². The largest absolute Gasteiger partial charge is 0.493 e. The fourth-order valence-electron chi connectivity index (χ4n) is 2.65. The van der Waals surface area contributed by atoms with E-state index in [1.807, 2.05) is 0 Å². The molecule has 7 nitrogen and oxygen atoms in total. The molecular formula is C18H14FN3O4S. The minimum atomic E-state index is -0.389. The van der Waals surface area contributed by atoms with E-state index in [0.29, 0.717) is 50.3 Å². The number of halogens is 1. The van der Waals surface area contributed by atoms with Crippen molar-refractivity contribution < 1.29 is 18.3 Å². The van der Waals surface area contributed by atoms with Gasteiger partial charge in [-0.25, -0.2) is 14.4 Å². The molecule has 1 N–H and O–H groups in total. The summed E-state index contributed by atoms with van der Waals surface area (Å²) in [6.45, 7) is 0. The minimum Gasteiger partial charge on any atom is -0.493 e. The van der Waals surface area contributed by atoms with E-state index in [4.69, 9.17) is 13.9 Å². The third-order valence-electron chi connectivity index (χ3n) is 3.92. The lowest BCUT2D eigenvalue weighted by Crippen LogP contribution is -2.11. The zero-order chi connectivity index (χ0) is 19.0. The van der Waals surface area contributed by atoms with Gasteiger partial charge < -0.3 is 18.9 Å². The quantitative estimate of drug-likeness (QED) is 0.524. The van der Waals surface area contributed by atoms with E-state index >= 15 is 0 Å². The minimum absolute atomic E-state index is 0.281. The first-order valence-corrected chi connectivity index (χ1v) is 8.90. The second-order valence-corrected chi connectivity index (χ2v) is 6.54. The van der Waals surface area contributed by atoms with E-state index in [0.717, 1.165) is 0 Å². The molecule has 138 valence electrons. The standard InChI is InChI=1S/C18H14FN3O4S/c1-24-14-6-10-12(7-15(14)25-2)20-16(22-17(10)23)8-27-18-21-11-4-3-9(19)5-13(11)26-18/h3-7H,8H2,1-2H3,(H,20,22,23). The van der Waals surface area contributed by atoms with Crippen molar-refractivity contribution in [2.75, 3.05) is 14.2 Å². The van der Waals surface area contributed by atoms with E-state index in [1.165, 1.54) is 38.1 Å². The van der Waals surface area contributed by atoms with Crippen LogP contribution >= 0.6 is 11.8 Å². The van der Waals surface area contributed by atoms with Crippen LogP contribution in [0, 0.1) is 5.82 Å². The number of aromatic amines is 1.